The molecule has 0 unspecified atom stereocenters. The van der Waals surface area contributed by atoms with Crippen molar-refractivity contribution in [3.63, 3.8) is 0 Å². The molecular weight excluding hydrogens is 404 g/mol. The van der Waals surface area contributed by atoms with Crippen LogP contribution in [0.2, 0.25) is 5.15 Å². The molecule has 28 heavy (non-hydrogen) atoms. The van der Waals surface area contributed by atoms with Gasteiger partial charge in [0, 0.05) is 52.6 Å². The molecule has 0 fully saturated rings. The second kappa shape index (κ2) is 10.5. The summed E-state index contributed by atoms with van der Waals surface area (Å²) >= 11 is 6.23. The quantitative estimate of drug-likeness (QED) is 0.419. The van der Waals surface area contributed by atoms with Crippen molar-refractivity contribution in [2.75, 3.05) is 39.1 Å². The molecule has 156 valence electrons. The molecule has 0 atom stereocenters. The van der Waals surface area contributed by atoms with E-state index in [1.165, 1.54) is 32.2 Å². The van der Waals surface area contributed by atoms with Gasteiger partial charge in [0.2, 0.25) is 5.91 Å². The van der Waals surface area contributed by atoms with E-state index in [2.05, 4.69) is 16.8 Å². The first-order valence-corrected chi connectivity index (χ1v) is 10.3. The average Bonchev–Trinajstić information content (AvgIpc) is 3.01. The van der Waals surface area contributed by atoms with E-state index < -0.39 is 10.2 Å². The number of rotatable bonds is 10. The van der Waals surface area contributed by atoms with E-state index in [1.54, 1.807) is 23.0 Å². The summed E-state index contributed by atoms with van der Waals surface area (Å²) in [5.74, 6) is -0.248. The van der Waals surface area contributed by atoms with Gasteiger partial charge in [0.15, 0.2) is 5.15 Å². The largest absolute Gasteiger partial charge is 0.308 e. The Balaban J connectivity index is 2.96. The van der Waals surface area contributed by atoms with Crippen LogP contribution in [0.3, 0.4) is 0 Å². The lowest BCUT2D eigenvalue weighted by atomic mass is 10.3. The molecule has 0 aliphatic carbocycles. The number of carbonyl (C=O) groups is 1. The van der Waals surface area contributed by atoms with Gasteiger partial charge in [-0.25, -0.2) is 4.68 Å². The van der Waals surface area contributed by atoms with Crippen molar-refractivity contribution in [3.05, 3.63) is 29.7 Å². The molecule has 1 heterocycles. The summed E-state index contributed by atoms with van der Waals surface area (Å²) in [6.45, 7) is 7.43. The molecule has 1 aromatic heterocycles. The molecule has 11 heteroatoms. The molecule has 1 rings (SSSR count). The smallest absolute Gasteiger partial charge is 0.281 e. The van der Waals surface area contributed by atoms with Crippen molar-refractivity contribution in [1.82, 2.24) is 18.4 Å². The second-order valence-electron chi connectivity index (χ2n) is 6.08. The van der Waals surface area contributed by atoms with Gasteiger partial charge < -0.3 is 4.90 Å². The molecule has 9 nitrogen and oxygen atoms in total. The second-order valence-corrected chi connectivity index (χ2v) is 8.69. The maximum absolute atomic E-state index is 12.7. The van der Waals surface area contributed by atoms with Crippen LogP contribution in [0, 0.1) is 0 Å². The zero-order chi connectivity index (χ0) is 21.5. The zero-order valence-electron chi connectivity index (χ0n) is 16.8. The van der Waals surface area contributed by atoms with Gasteiger partial charge in [-0.1, -0.05) is 11.6 Å². The monoisotopic (exact) mass is 430 g/mol. The third-order valence-corrected chi connectivity index (χ3v) is 6.11. The number of halogens is 1. The van der Waals surface area contributed by atoms with Crippen LogP contribution in [-0.4, -0.2) is 73.7 Å². The van der Waals surface area contributed by atoms with Gasteiger partial charge in [0.05, 0.1) is 6.20 Å². The Morgan fingerprint density at radius 1 is 1.39 bits per heavy atom. The number of anilines is 1. The minimum Gasteiger partial charge on any atom is -0.308 e. The molecular formula is C17H27ClN6O3S. The molecule has 0 radical (unpaired) electrons. The summed E-state index contributed by atoms with van der Waals surface area (Å²) in [6, 6.07) is 0. The number of aliphatic imine (C=N–C) groups is 1. The first-order chi connectivity index (χ1) is 13.1. The fourth-order valence-electron chi connectivity index (χ4n) is 2.29. The van der Waals surface area contributed by atoms with E-state index in [0.29, 0.717) is 12.2 Å². The van der Waals surface area contributed by atoms with E-state index in [0.717, 1.165) is 14.3 Å². The topological polar surface area (TPSA) is 91.1 Å². The zero-order valence-corrected chi connectivity index (χ0v) is 18.4. The third kappa shape index (κ3) is 5.99. The number of nitrogens with zero attached hydrogens (tertiary/aromatic N) is 6. The highest BCUT2D eigenvalue weighted by Crippen LogP contribution is 2.26. The van der Waals surface area contributed by atoms with Crippen molar-refractivity contribution in [2.24, 2.45) is 4.99 Å². The highest BCUT2D eigenvalue weighted by atomic mass is 35.5. The lowest BCUT2D eigenvalue weighted by molar-refractivity contribution is -0.118. The van der Waals surface area contributed by atoms with Gasteiger partial charge >= 0.3 is 0 Å². The predicted molar refractivity (Wildman–Crippen MR) is 114 cm³/mol. The van der Waals surface area contributed by atoms with E-state index in [4.69, 9.17) is 11.6 Å². The molecule has 0 N–H and O–H groups in total. The lowest BCUT2D eigenvalue weighted by Crippen LogP contribution is -2.40. The van der Waals surface area contributed by atoms with Gasteiger partial charge in [-0.3, -0.25) is 9.79 Å². The molecule has 0 saturated heterocycles. The van der Waals surface area contributed by atoms with Crippen molar-refractivity contribution in [1.29, 1.82) is 0 Å². The van der Waals surface area contributed by atoms with Crippen molar-refractivity contribution < 1.29 is 13.2 Å². The van der Waals surface area contributed by atoms with Crippen LogP contribution in [0.25, 0.3) is 5.70 Å². The summed E-state index contributed by atoms with van der Waals surface area (Å²) in [6.07, 6.45) is 6.70. The van der Waals surface area contributed by atoms with Gasteiger partial charge in [-0.05, 0) is 32.7 Å². The first kappa shape index (κ1) is 24.0. The Kier molecular flexibility index (Phi) is 9.02. The summed E-state index contributed by atoms with van der Waals surface area (Å²) in [7, 11) is 0.747. The number of carbonyl (C=O) groups excluding carboxylic acids is 1. The number of hydrogen-bond donors (Lipinski definition) is 0. The normalized spacial score (nSPS) is 12.9. The minimum absolute atomic E-state index is 0.0154. The van der Waals surface area contributed by atoms with Crippen LogP contribution in [0.4, 0.5) is 5.69 Å². The predicted octanol–water partition coefficient (Wildman–Crippen LogP) is 2.09. The number of amides is 1. The molecule has 0 aliphatic rings. The molecule has 1 amide bonds. The standard InChI is InChI=1S/C17H27ClN6O3S/c1-7-23(16(25)10-12-22(6)28(26,27)21(4)5)15-13-24(20-17(15)18)14(2)9-8-11-19-3/h8-9,11,13H,3,7,10,12H2,1-2,4-6H3/b11-8-,14-9+. The van der Waals surface area contributed by atoms with Crippen LogP contribution in [0.15, 0.2) is 29.5 Å². The Morgan fingerprint density at radius 3 is 2.57 bits per heavy atom. The van der Waals surface area contributed by atoms with E-state index in [-0.39, 0.29) is 24.0 Å². The lowest BCUT2D eigenvalue weighted by Gasteiger charge is -2.23. The van der Waals surface area contributed by atoms with Crippen LogP contribution >= 0.6 is 11.6 Å². The number of allylic oxidation sites excluding steroid dienone is 3. The van der Waals surface area contributed by atoms with Gasteiger partial charge in [-0.15, -0.1) is 0 Å². The van der Waals surface area contributed by atoms with Crippen molar-refractivity contribution in [2.45, 2.75) is 20.3 Å². The molecule has 0 aliphatic heterocycles. The van der Waals surface area contributed by atoms with E-state index >= 15 is 0 Å². The van der Waals surface area contributed by atoms with Crippen LogP contribution in [0.5, 0.6) is 0 Å². The van der Waals surface area contributed by atoms with Crippen molar-refractivity contribution in [3.8, 4) is 0 Å². The van der Waals surface area contributed by atoms with Crippen LogP contribution in [-0.2, 0) is 15.0 Å². The van der Waals surface area contributed by atoms with Crippen LogP contribution < -0.4 is 4.90 Å². The summed E-state index contributed by atoms with van der Waals surface area (Å²) < 4.78 is 27.9. The number of aromatic nitrogens is 2. The van der Waals surface area contributed by atoms with Crippen molar-refractivity contribution >= 4 is 45.8 Å². The Bertz CT molecular complexity index is 860. The highest BCUT2D eigenvalue weighted by molar-refractivity contribution is 7.86. The first-order valence-electron chi connectivity index (χ1n) is 8.55. The Morgan fingerprint density at radius 2 is 2.04 bits per heavy atom. The SMILES string of the molecule is C=N/C=C\C=C(/C)n1cc(N(CC)C(=O)CCN(C)S(=O)(=O)N(C)C)c(Cl)n1. The fourth-order valence-corrected chi connectivity index (χ4v) is 3.40. The Hall–Kier alpha value is -2.01. The molecule has 0 spiro atoms. The summed E-state index contributed by atoms with van der Waals surface area (Å²) in [4.78, 5) is 17.8. The minimum atomic E-state index is -3.57. The summed E-state index contributed by atoms with van der Waals surface area (Å²) in [5, 5.41) is 4.41. The maximum atomic E-state index is 12.7. The van der Waals surface area contributed by atoms with Gasteiger partial charge in [0.1, 0.15) is 5.69 Å². The van der Waals surface area contributed by atoms with E-state index in [9.17, 15) is 13.2 Å². The molecule has 0 aromatic carbocycles. The summed E-state index contributed by atoms with van der Waals surface area (Å²) in [5.41, 5.74) is 1.24. The van der Waals surface area contributed by atoms with Gasteiger partial charge in [-0.2, -0.15) is 22.1 Å². The van der Waals surface area contributed by atoms with E-state index in [1.807, 2.05) is 13.8 Å². The molecule has 1 aromatic rings. The third-order valence-electron chi connectivity index (χ3n) is 3.95. The molecule has 0 bridgehead atoms. The highest BCUT2D eigenvalue weighted by Gasteiger charge is 2.24. The maximum Gasteiger partial charge on any atom is 0.281 e. The molecule has 0 saturated carbocycles. The Labute approximate surface area is 171 Å². The fraction of sp³-hybridized carbons (Fsp3) is 0.471. The average molecular weight is 431 g/mol. The van der Waals surface area contributed by atoms with Crippen LogP contribution in [0.1, 0.15) is 20.3 Å². The number of hydrogen-bond acceptors (Lipinski definition) is 5. The van der Waals surface area contributed by atoms with Gasteiger partial charge in [0.25, 0.3) is 10.2 Å².